The van der Waals surface area contributed by atoms with Gasteiger partial charge in [0, 0.05) is 37.9 Å². The lowest BCUT2D eigenvalue weighted by Crippen LogP contribution is -2.46. The smallest absolute Gasteiger partial charge is 0.132 e. The van der Waals surface area contributed by atoms with Crippen molar-refractivity contribution in [3.63, 3.8) is 0 Å². The lowest BCUT2D eigenvalue weighted by atomic mass is 10.0. The van der Waals surface area contributed by atoms with Gasteiger partial charge in [-0.2, -0.15) is 5.26 Å². The molecule has 24 heavy (non-hydrogen) atoms. The summed E-state index contributed by atoms with van der Waals surface area (Å²) in [6.07, 6.45) is 3.99. The normalized spacial score (nSPS) is 18.1. The van der Waals surface area contributed by atoms with Crippen LogP contribution in [-0.2, 0) is 6.54 Å². The second-order valence-electron chi connectivity index (χ2n) is 6.47. The second-order valence-corrected chi connectivity index (χ2v) is 6.47. The molecular weight excluding hydrogens is 298 g/mol. The molecule has 1 aromatic heterocycles. The maximum absolute atomic E-state index is 9.05. The minimum Gasteiger partial charge on any atom is -0.355 e. The van der Waals surface area contributed by atoms with Crippen molar-refractivity contribution in [1.29, 1.82) is 5.26 Å². The van der Waals surface area contributed by atoms with E-state index in [0.29, 0.717) is 6.04 Å². The molecule has 0 amide bonds. The van der Waals surface area contributed by atoms with Gasteiger partial charge in [0.15, 0.2) is 0 Å². The van der Waals surface area contributed by atoms with E-state index < -0.39 is 0 Å². The first-order chi connectivity index (χ1) is 11.7. The average molecular weight is 321 g/mol. The Bertz CT molecular complexity index is 737. The summed E-state index contributed by atoms with van der Waals surface area (Å²) in [5.74, 6) is 0.987. The van der Waals surface area contributed by atoms with Crippen LogP contribution in [0.25, 0.3) is 0 Å². The van der Waals surface area contributed by atoms with E-state index in [1.54, 1.807) is 6.33 Å². The van der Waals surface area contributed by atoms with E-state index in [2.05, 4.69) is 39.0 Å². The molecule has 3 rings (SSSR count). The molecule has 1 fully saturated rings. The van der Waals surface area contributed by atoms with Crippen molar-refractivity contribution < 1.29 is 0 Å². The number of likely N-dealkylation sites (N-methyl/N-ethyl adjacent to an activating group) is 1. The van der Waals surface area contributed by atoms with Crippen molar-refractivity contribution in [3.05, 3.63) is 53.5 Å². The van der Waals surface area contributed by atoms with Crippen LogP contribution >= 0.6 is 0 Å². The molecule has 1 aromatic carbocycles. The Morgan fingerprint density at radius 3 is 3.00 bits per heavy atom. The molecule has 0 spiro atoms. The molecule has 5 heteroatoms. The predicted octanol–water partition coefficient (Wildman–Crippen LogP) is 2.76. The van der Waals surface area contributed by atoms with E-state index in [9.17, 15) is 0 Å². The Morgan fingerprint density at radius 1 is 1.33 bits per heavy atom. The van der Waals surface area contributed by atoms with E-state index >= 15 is 0 Å². The molecule has 0 N–H and O–H groups in total. The second kappa shape index (κ2) is 7.41. The molecule has 1 aliphatic heterocycles. The van der Waals surface area contributed by atoms with Gasteiger partial charge in [-0.25, -0.2) is 9.97 Å². The Labute approximate surface area is 143 Å². The van der Waals surface area contributed by atoms with Gasteiger partial charge in [-0.05, 0) is 44.0 Å². The van der Waals surface area contributed by atoms with Gasteiger partial charge in [0.05, 0.1) is 11.6 Å². The third kappa shape index (κ3) is 3.90. The number of nitrogens with zero attached hydrogens (tertiary/aromatic N) is 5. The summed E-state index contributed by atoms with van der Waals surface area (Å²) >= 11 is 0. The molecule has 2 aromatic rings. The number of aromatic nitrogens is 2. The lowest BCUT2D eigenvalue weighted by Gasteiger charge is -2.38. The number of rotatable bonds is 4. The number of anilines is 1. The number of benzene rings is 1. The maximum atomic E-state index is 9.05. The molecule has 2 heterocycles. The van der Waals surface area contributed by atoms with E-state index in [1.807, 2.05) is 31.2 Å². The third-order valence-electron chi connectivity index (χ3n) is 4.64. The van der Waals surface area contributed by atoms with Gasteiger partial charge in [-0.15, -0.1) is 0 Å². The minimum absolute atomic E-state index is 0.451. The molecule has 1 unspecified atom stereocenters. The van der Waals surface area contributed by atoms with Crippen LogP contribution in [-0.4, -0.2) is 41.0 Å². The van der Waals surface area contributed by atoms with Crippen molar-refractivity contribution in [1.82, 2.24) is 14.9 Å². The molecule has 1 atom stereocenters. The van der Waals surface area contributed by atoms with Gasteiger partial charge in [0.1, 0.15) is 12.1 Å². The van der Waals surface area contributed by atoms with Crippen LogP contribution in [0.2, 0.25) is 0 Å². The fourth-order valence-corrected chi connectivity index (χ4v) is 3.31. The molecule has 0 radical (unpaired) electrons. The van der Waals surface area contributed by atoms with Crippen LogP contribution in [0, 0.1) is 18.3 Å². The number of likely N-dealkylation sites (tertiary alicyclic amines) is 1. The Morgan fingerprint density at radius 2 is 2.21 bits per heavy atom. The van der Waals surface area contributed by atoms with Crippen LogP contribution in [0.1, 0.15) is 29.7 Å². The molecule has 1 aliphatic rings. The molecule has 1 saturated heterocycles. The van der Waals surface area contributed by atoms with E-state index in [1.165, 1.54) is 18.4 Å². The quantitative estimate of drug-likeness (QED) is 0.866. The molecule has 0 saturated carbocycles. The number of nitriles is 1. The van der Waals surface area contributed by atoms with Gasteiger partial charge in [-0.1, -0.05) is 12.1 Å². The molecule has 0 aliphatic carbocycles. The van der Waals surface area contributed by atoms with Crippen molar-refractivity contribution >= 4 is 5.82 Å². The zero-order chi connectivity index (χ0) is 16.9. The molecule has 5 nitrogen and oxygen atoms in total. The van der Waals surface area contributed by atoms with E-state index in [0.717, 1.165) is 36.7 Å². The van der Waals surface area contributed by atoms with Gasteiger partial charge in [0.2, 0.25) is 0 Å². The van der Waals surface area contributed by atoms with Crippen LogP contribution in [0.15, 0.2) is 36.7 Å². The van der Waals surface area contributed by atoms with Crippen LogP contribution < -0.4 is 4.90 Å². The largest absolute Gasteiger partial charge is 0.355 e. The summed E-state index contributed by atoms with van der Waals surface area (Å²) < 4.78 is 0. The average Bonchev–Trinajstić information content (AvgIpc) is 2.61. The summed E-state index contributed by atoms with van der Waals surface area (Å²) in [6.45, 7) is 5.00. The third-order valence-corrected chi connectivity index (χ3v) is 4.64. The summed E-state index contributed by atoms with van der Waals surface area (Å²) in [4.78, 5) is 13.3. The number of hydrogen-bond acceptors (Lipinski definition) is 5. The molecule has 0 bridgehead atoms. The highest BCUT2D eigenvalue weighted by Crippen LogP contribution is 2.21. The summed E-state index contributed by atoms with van der Waals surface area (Å²) in [5, 5.41) is 9.05. The molecular formula is C19H23N5. The fourth-order valence-electron chi connectivity index (χ4n) is 3.31. The SMILES string of the molecule is Cc1cc(N(C)C2CCCN(Cc3cccc(C#N)c3)C2)ncn1. The summed E-state index contributed by atoms with van der Waals surface area (Å²) in [5.41, 5.74) is 2.93. The Kier molecular flexibility index (Phi) is 5.07. The Hall–Kier alpha value is -2.45. The topological polar surface area (TPSA) is 56.0 Å². The fraction of sp³-hybridized carbons (Fsp3) is 0.421. The maximum Gasteiger partial charge on any atom is 0.132 e. The number of hydrogen-bond donors (Lipinski definition) is 0. The summed E-state index contributed by atoms with van der Waals surface area (Å²) in [7, 11) is 2.12. The predicted molar refractivity (Wildman–Crippen MR) is 94.6 cm³/mol. The minimum atomic E-state index is 0.451. The van der Waals surface area contributed by atoms with Gasteiger partial charge >= 0.3 is 0 Å². The standard InChI is InChI=1S/C19H23N5/c1-15-9-19(22-14-21-15)23(2)18-7-4-8-24(13-18)12-17-6-3-5-16(10-17)11-20/h3,5-6,9-10,14,18H,4,7-8,12-13H2,1-2H3. The van der Waals surface area contributed by atoms with E-state index in [4.69, 9.17) is 5.26 Å². The number of piperidine rings is 1. The van der Waals surface area contributed by atoms with Crippen LogP contribution in [0.4, 0.5) is 5.82 Å². The first-order valence-corrected chi connectivity index (χ1v) is 8.38. The zero-order valence-corrected chi connectivity index (χ0v) is 14.3. The summed E-state index contributed by atoms with van der Waals surface area (Å²) in [6, 6.07) is 12.6. The van der Waals surface area contributed by atoms with Gasteiger partial charge in [0.25, 0.3) is 0 Å². The highest BCUT2D eigenvalue weighted by molar-refractivity contribution is 5.39. The van der Waals surface area contributed by atoms with Crippen LogP contribution in [0.5, 0.6) is 0 Å². The van der Waals surface area contributed by atoms with Crippen LogP contribution in [0.3, 0.4) is 0 Å². The van der Waals surface area contributed by atoms with Gasteiger partial charge in [-0.3, -0.25) is 4.90 Å². The molecule has 124 valence electrons. The van der Waals surface area contributed by atoms with Crippen molar-refractivity contribution in [3.8, 4) is 6.07 Å². The highest BCUT2D eigenvalue weighted by Gasteiger charge is 2.24. The van der Waals surface area contributed by atoms with Crippen molar-refractivity contribution in [2.75, 3.05) is 25.0 Å². The highest BCUT2D eigenvalue weighted by atomic mass is 15.2. The number of aryl methyl sites for hydroxylation is 1. The van der Waals surface area contributed by atoms with Crippen molar-refractivity contribution in [2.45, 2.75) is 32.4 Å². The first-order valence-electron chi connectivity index (χ1n) is 8.38. The Balaban J connectivity index is 1.66. The van der Waals surface area contributed by atoms with Gasteiger partial charge < -0.3 is 4.90 Å². The monoisotopic (exact) mass is 321 g/mol. The zero-order valence-electron chi connectivity index (χ0n) is 14.3. The van der Waals surface area contributed by atoms with E-state index in [-0.39, 0.29) is 0 Å². The first kappa shape index (κ1) is 16.4. The lowest BCUT2D eigenvalue weighted by molar-refractivity contribution is 0.198. The van der Waals surface area contributed by atoms with Crippen molar-refractivity contribution in [2.24, 2.45) is 0 Å².